The first kappa shape index (κ1) is 16.5. The quantitative estimate of drug-likeness (QED) is 0.734. The summed E-state index contributed by atoms with van der Waals surface area (Å²) in [6.07, 6.45) is 0.00772. The van der Waals surface area contributed by atoms with Crippen LogP contribution in [0.1, 0.15) is 27.2 Å². The minimum atomic E-state index is -1.92. The Morgan fingerprint density at radius 2 is 2.05 bits per heavy atom. The summed E-state index contributed by atoms with van der Waals surface area (Å²) in [6, 6.07) is 0. The van der Waals surface area contributed by atoms with Crippen molar-refractivity contribution in [1.29, 1.82) is 0 Å². The van der Waals surface area contributed by atoms with Gasteiger partial charge in [0.1, 0.15) is 6.61 Å². The SMILES string of the molecule is CC(C)(C)[Si](C)(C)OC(COC(N)=O)[C@H]1C[C@@H]1CO. The van der Waals surface area contributed by atoms with Crippen molar-refractivity contribution < 1.29 is 19.1 Å². The largest absolute Gasteiger partial charge is 0.447 e. The average Bonchev–Trinajstić information content (AvgIpc) is 3.01. The number of amides is 1. The first-order valence-electron chi connectivity index (χ1n) is 6.79. The van der Waals surface area contributed by atoms with E-state index in [0.29, 0.717) is 0 Å². The number of hydrogen-bond acceptors (Lipinski definition) is 4. The summed E-state index contributed by atoms with van der Waals surface area (Å²) in [6.45, 7) is 11.2. The third-order valence-electron chi connectivity index (χ3n) is 4.33. The highest BCUT2D eigenvalue weighted by Crippen LogP contribution is 2.45. The van der Waals surface area contributed by atoms with Crippen molar-refractivity contribution in [3.63, 3.8) is 0 Å². The van der Waals surface area contributed by atoms with Crippen molar-refractivity contribution in [2.24, 2.45) is 17.6 Å². The minimum absolute atomic E-state index is 0.0988. The number of hydrogen-bond donors (Lipinski definition) is 2. The topological polar surface area (TPSA) is 81.8 Å². The standard InChI is InChI=1S/C13H27NO4Si/c1-13(2,3)19(4,5)18-11(8-17-12(14)16)10-6-9(10)7-15/h9-11,15H,6-8H2,1-5H3,(H2,14,16)/t9-,10+,11?/m1/s1. The van der Waals surface area contributed by atoms with Crippen molar-refractivity contribution in [2.45, 2.75) is 51.4 Å². The van der Waals surface area contributed by atoms with Crippen LogP contribution in [0, 0.1) is 11.8 Å². The van der Waals surface area contributed by atoms with Crippen LogP contribution in [0.2, 0.25) is 18.1 Å². The number of aliphatic hydroxyl groups excluding tert-OH is 1. The molecule has 5 nitrogen and oxygen atoms in total. The van der Waals surface area contributed by atoms with E-state index >= 15 is 0 Å². The number of carbonyl (C=O) groups excluding carboxylic acids is 1. The van der Waals surface area contributed by atoms with Gasteiger partial charge in [-0.05, 0) is 36.4 Å². The van der Waals surface area contributed by atoms with Crippen LogP contribution in [-0.4, -0.2) is 38.8 Å². The fourth-order valence-corrected chi connectivity index (χ4v) is 3.25. The summed E-state index contributed by atoms with van der Waals surface area (Å²) in [7, 11) is -1.92. The van der Waals surface area contributed by atoms with E-state index in [1.165, 1.54) is 0 Å². The number of primary amides is 1. The molecule has 0 aromatic rings. The highest BCUT2D eigenvalue weighted by atomic mass is 28.4. The van der Waals surface area contributed by atoms with E-state index in [9.17, 15) is 9.90 Å². The maximum Gasteiger partial charge on any atom is 0.404 e. The number of carbonyl (C=O) groups is 1. The first-order chi connectivity index (χ1) is 8.58. The van der Waals surface area contributed by atoms with Gasteiger partial charge in [0, 0.05) is 6.61 Å². The molecule has 3 N–H and O–H groups in total. The average molecular weight is 289 g/mol. The Bertz CT molecular complexity index is 327. The summed E-state index contributed by atoms with van der Waals surface area (Å²) < 4.78 is 11.2. The summed E-state index contributed by atoms with van der Waals surface area (Å²) in [5, 5.41) is 9.28. The predicted molar refractivity (Wildman–Crippen MR) is 76.3 cm³/mol. The molecule has 1 fully saturated rings. The second kappa shape index (κ2) is 5.81. The molecule has 112 valence electrons. The molecule has 0 aliphatic heterocycles. The van der Waals surface area contributed by atoms with Crippen LogP contribution in [0.3, 0.4) is 0 Å². The molecule has 0 bridgehead atoms. The molecule has 1 unspecified atom stereocenters. The fourth-order valence-electron chi connectivity index (χ4n) is 1.90. The zero-order valence-corrected chi connectivity index (χ0v) is 13.6. The first-order valence-corrected chi connectivity index (χ1v) is 9.70. The van der Waals surface area contributed by atoms with Crippen LogP contribution in [0.4, 0.5) is 4.79 Å². The second-order valence-electron chi connectivity index (χ2n) is 6.89. The number of nitrogens with two attached hydrogens (primary N) is 1. The number of rotatable bonds is 6. The zero-order chi connectivity index (χ0) is 14.8. The lowest BCUT2D eigenvalue weighted by Crippen LogP contribution is -2.46. The van der Waals surface area contributed by atoms with E-state index in [1.807, 2.05) is 0 Å². The van der Waals surface area contributed by atoms with Gasteiger partial charge >= 0.3 is 6.09 Å². The molecule has 0 aromatic carbocycles. The molecule has 0 radical (unpaired) electrons. The lowest BCUT2D eigenvalue weighted by Gasteiger charge is -2.39. The molecular formula is C13H27NO4Si. The Morgan fingerprint density at radius 1 is 1.47 bits per heavy atom. The molecule has 1 aliphatic carbocycles. The molecule has 1 saturated carbocycles. The van der Waals surface area contributed by atoms with Crippen molar-refractivity contribution >= 4 is 14.4 Å². The fraction of sp³-hybridized carbons (Fsp3) is 0.923. The molecule has 0 heterocycles. The zero-order valence-electron chi connectivity index (χ0n) is 12.6. The third-order valence-corrected chi connectivity index (χ3v) is 8.84. The molecular weight excluding hydrogens is 262 g/mol. The van der Waals surface area contributed by atoms with E-state index in [2.05, 4.69) is 33.9 Å². The summed E-state index contributed by atoms with van der Waals surface area (Å²) >= 11 is 0. The Morgan fingerprint density at radius 3 is 2.42 bits per heavy atom. The predicted octanol–water partition coefficient (Wildman–Crippen LogP) is 2.10. The lowest BCUT2D eigenvalue weighted by molar-refractivity contribution is 0.0611. The van der Waals surface area contributed by atoms with E-state index in [-0.39, 0.29) is 36.2 Å². The van der Waals surface area contributed by atoms with Crippen molar-refractivity contribution in [3.8, 4) is 0 Å². The molecule has 6 heteroatoms. The molecule has 0 saturated heterocycles. The monoisotopic (exact) mass is 289 g/mol. The van der Waals surface area contributed by atoms with Gasteiger partial charge in [-0.25, -0.2) is 4.79 Å². The maximum atomic E-state index is 10.8. The van der Waals surface area contributed by atoms with Crippen LogP contribution in [-0.2, 0) is 9.16 Å². The van der Waals surface area contributed by atoms with Crippen LogP contribution < -0.4 is 5.73 Å². The van der Waals surface area contributed by atoms with Gasteiger partial charge in [-0.15, -0.1) is 0 Å². The molecule has 1 rings (SSSR count). The molecule has 3 atom stereocenters. The molecule has 19 heavy (non-hydrogen) atoms. The van der Waals surface area contributed by atoms with Gasteiger partial charge in [-0.1, -0.05) is 20.8 Å². The Kier molecular flexibility index (Phi) is 5.03. The van der Waals surface area contributed by atoms with Crippen LogP contribution in [0.15, 0.2) is 0 Å². The van der Waals surface area contributed by atoms with Gasteiger partial charge in [-0.2, -0.15) is 0 Å². The van der Waals surface area contributed by atoms with Crippen molar-refractivity contribution in [1.82, 2.24) is 0 Å². The van der Waals surface area contributed by atoms with Crippen LogP contribution in [0.5, 0.6) is 0 Å². The van der Waals surface area contributed by atoms with Crippen LogP contribution >= 0.6 is 0 Å². The highest BCUT2D eigenvalue weighted by molar-refractivity contribution is 6.74. The number of ether oxygens (including phenoxy) is 1. The van der Waals surface area contributed by atoms with Gasteiger partial charge in [0.25, 0.3) is 0 Å². The van der Waals surface area contributed by atoms with Gasteiger partial charge < -0.3 is 20.0 Å². The van der Waals surface area contributed by atoms with E-state index in [4.69, 9.17) is 14.9 Å². The van der Waals surface area contributed by atoms with Crippen molar-refractivity contribution in [2.75, 3.05) is 13.2 Å². The summed E-state index contributed by atoms with van der Waals surface area (Å²) in [5.41, 5.74) is 5.02. The maximum absolute atomic E-state index is 10.8. The highest BCUT2D eigenvalue weighted by Gasteiger charge is 2.48. The smallest absolute Gasteiger partial charge is 0.404 e. The summed E-state index contributed by atoms with van der Waals surface area (Å²) in [4.78, 5) is 10.8. The number of aliphatic hydroxyl groups is 1. The normalized spacial score (nSPS) is 24.9. The van der Waals surface area contributed by atoms with E-state index in [0.717, 1.165) is 6.42 Å². The van der Waals surface area contributed by atoms with Crippen LogP contribution in [0.25, 0.3) is 0 Å². The van der Waals surface area contributed by atoms with Gasteiger partial charge in [0.2, 0.25) is 0 Å². The van der Waals surface area contributed by atoms with Gasteiger partial charge in [0.15, 0.2) is 8.32 Å². The molecule has 0 aromatic heterocycles. The molecule has 1 aliphatic rings. The Hall–Kier alpha value is -0.593. The van der Waals surface area contributed by atoms with E-state index in [1.54, 1.807) is 0 Å². The van der Waals surface area contributed by atoms with Gasteiger partial charge in [-0.3, -0.25) is 0 Å². The third kappa shape index (κ3) is 4.47. The molecule has 0 spiro atoms. The Balaban J connectivity index is 2.67. The lowest BCUT2D eigenvalue weighted by atomic mass is 10.2. The Labute approximate surface area is 116 Å². The van der Waals surface area contributed by atoms with Crippen molar-refractivity contribution in [3.05, 3.63) is 0 Å². The summed E-state index contributed by atoms with van der Waals surface area (Å²) in [5.74, 6) is 0.546. The molecule has 1 amide bonds. The minimum Gasteiger partial charge on any atom is -0.447 e. The van der Waals surface area contributed by atoms with Gasteiger partial charge in [0.05, 0.1) is 6.10 Å². The van der Waals surface area contributed by atoms with E-state index < -0.39 is 14.4 Å². The second-order valence-corrected chi connectivity index (χ2v) is 11.6.